The maximum absolute atomic E-state index is 12.9. The monoisotopic (exact) mass is 395 g/mol. The van der Waals surface area contributed by atoms with Crippen LogP contribution in [0.4, 0.5) is 0 Å². The van der Waals surface area contributed by atoms with Crippen molar-refractivity contribution in [2.45, 2.75) is 6.42 Å². The van der Waals surface area contributed by atoms with Crippen LogP contribution in [0.25, 0.3) is 27.7 Å². The van der Waals surface area contributed by atoms with Crippen LogP contribution in [0.15, 0.2) is 83.8 Å². The molecule has 1 amide bonds. The predicted octanol–water partition coefficient (Wildman–Crippen LogP) is 4.45. The third-order valence-corrected chi connectivity index (χ3v) is 5.66. The van der Waals surface area contributed by atoms with E-state index in [-0.39, 0.29) is 17.0 Å². The van der Waals surface area contributed by atoms with Gasteiger partial charge < -0.3 is 14.9 Å². The molecule has 0 bridgehead atoms. The average molecular weight is 395 g/mol. The number of hydrogen-bond acceptors (Lipinski definition) is 2. The molecule has 5 nitrogen and oxygen atoms in total. The van der Waals surface area contributed by atoms with Gasteiger partial charge in [0.15, 0.2) is 0 Å². The number of nitrogens with zero attached hydrogens (tertiary/aromatic N) is 1. The SMILES string of the molecule is O=C(c1ccc(-c2ccccc2)[nH]c1=O)N1CC=C(c2c[nH]c3ccccc23)CC1. The minimum atomic E-state index is -0.354. The Balaban J connectivity index is 1.36. The number of benzene rings is 2. The Kier molecular flexibility index (Phi) is 4.56. The number of carbonyl (C=O) groups is 1. The zero-order valence-corrected chi connectivity index (χ0v) is 16.4. The molecule has 0 radical (unpaired) electrons. The lowest BCUT2D eigenvalue weighted by molar-refractivity contribution is 0.0771. The van der Waals surface area contributed by atoms with E-state index < -0.39 is 0 Å². The fraction of sp³-hybridized carbons (Fsp3) is 0.120. The molecule has 5 rings (SSSR count). The Hall–Kier alpha value is -3.86. The van der Waals surface area contributed by atoms with Crippen molar-refractivity contribution in [2.24, 2.45) is 0 Å². The minimum Gasteiger partial charge on any atom is -0.361 e. The molecule has 0 saturated carbocycles. The molecule has 148 valence electrons. The summed E-state index contributed by atoms with van der Waals surface area (Å²) >= 11 is 0. The summed E-state index contributed by atoms with van der Waals surface area (Å²) < 4.78 is 0. The van der Waals surface area contributed by atoms with Crippen LogP contribution in [0.3, 0.4) is 0 Å². The highest BCUT2D eigenvalue weighted by Crippen LogP contribution is 2.29. The van der Waals surface area contributed by atoms with Crippen molar-refractivity contribution in [1.82, 2.24) is 14.9 Å². The van der Waals surface area contributed by atoms with Crippen molar-refractivity contribution in [2.75, 3.05) is 13.1 Å². The van der Waals surface area contributed by atoms with Crippen molar-refractivity contribution in [1.29, 1.82) is 0 Å². The van der Waals surface area contributed by atoms with E-state index in [1.54, 1.807) is 17.0 Å². The molecule has 0 fully saturated rings. The van der Waals surface area contributed by atoms with Crippen LogP contribution < -0.4 is 5.56 Å². The molecule has 2 N–H and O–H groups in total. The van der Waals surface area contributed by atoms with Crippen molar-refractivity contribution in [3.05, 3.63) is 100 Å². The second-order valence-corrected chi connectivity index (χ2v) is 7.46. The topological polar surface area (TPSA) is 69.0 Å². The first-order valence-electron chi connectivity index (χ1n) is 10.0. The van der Waals surface area contributed by atoms with Gasteiger partial charge in [-0.25, -0.2) is 0 Å². The standard InChI is InChI=1S/C25H21N3O2/c29-24-20(10-11-22(27-24)18-6-2-1-3-7-18)25(30)28-14-12-17(13-15-28)21-16-26-23-9-5-4-8-19(21)23/h1-12,16,26H,13-15H2,(H,27,29). The lowest BCUT2D eigenvalue weighted by Crippen LogP contribution is -2.37. The summed E-state index contributed by atoms with van der Waals surface area (Å²) in [6.45, 7) is 1.08. The Morgan fingerprint density at radius 3 is 2.50 bits per heavy atom. The van der Waals surface area contributed by atoms with Crippen LogP contribution in [0.1, 0.15) is 22.3 Å². The highest BCUT2D eigenvalue weighted by atomic mass is 16.2. The second-order valence-electron chi connectivity index (χ2n) is 7.46. The van der Waals surface area contributed by atoms with E-state index >= 15 is 0 Å². The van der Waals surface area contributed by atoms with Gasteiger partial charge in [-0.15, -0.1) is 0 Å². The van der Waals surface area contributed by atoms with Crippen LogP contribution in [0.2, 0.25) is 0 Å². The fourth-order valence-corrected chi connectivity index (χ4v) is 4.03. The Morgan fingerprint density at radius 2 is 1.73 bits per heavy atom. The number of rotatable bonds is 3. The van der Waals surface area contributed by atoms with E-state index in [0.29, 0.717) is 18.8 Å². The van der Waals surface area contributed by atoms with Gasteiger partial charge in [-0.2, -0.15) is 0 Å². The molecule has 1 aliphatic rings. The van der Waals surface area contributed by atoms with Crippen LogP contribution in [0, 0.1) is 0 Å². The van der Waals surface area contributed by atoms with Gasteiger partial charge in [-0.05, 0) is 35.8 Å². The molecule has 0 aliphatic carbocycles. The molecular formula is C25H21N3O2. The molecule has 1 aliphatic heterocycles. The fourth-order valence-electron chi connectivity index (χ4n) is 4.03. The van der Waals surface area contributed by atoms with E-state index in [9.17, 15) is 9.59 Å². The highest BCUT2D eigenvalue weighted by Gasteiger charge is 2.22. The largest absolute Gasteiger partial charge is 0.361 e. The van der Waals surface area contributed by atoms with Crippen LogP contribution in [0.5, 0.6) is 0 Å². The third kappa shape index (κ3) is 3.24. The van der Waals surface area contributed by atoms with Gasteiger partial charge in [0.05, 0.1) is 0 Å². The molecule has 0 spiro atoms. The van der Waals surface area contributed by atoms with E-state index in [1.165, 1.54) is 16.5 Å². The summed E-state index contributed by atoms with van der Waals surface area (Å²) in [5, 5.41) is 1.19. The number of para-hydroxylation sites is 1. The number of aromatic amines is 2. The van der Waals surface area contributed by atoms with Crippen molar-refractivity contribution >= 4 is 22.4 Å². The second kappa shape index (κ2) is 7.52. The number of hydrogen-bond donors (Lipinski definition) is 2. The molecule has 2 aromatic carbocycles. The smallest absolute Gasteiger partial charge is 0.261 e. The van der Waals surface area contributed by atoms with Gasteiger partial charge in [0, 0.05) is 41.4 Å². The Morgan fingerprint density at radius 1 is 0.933 bits per heavy atom. The Bertz CT molecular complexity index is 1310. The summed E-state index contributed by atoms with van der Waals surface area (Å²) in [5.41, 5.74) is 4.96. The number of pyridine rings is 1. The van der Waals surface area contributed by atoms with Crippen LogP contribution in [-0.2, 0) is 0 Å². The summed E-state index contributed by atoms with van der Waals surface area (Å²) in [6, 6.07) is 21.2. The molecule has 3 heterocycles. The third-order valence-electron chi connectivity index (χ3n) is 5.66. The number of aromatic nitrogens is 2. The number of nitrogens with one attached hydrogen (secondary N) is 2. The molecule has 0 unspecified atom stereocenters. The quantitative estimate of drug-likeness (QED) is 0.538. The zero-order chi connectivity index (χ0) is 20.5. The summed E-state index contributed by atoms with van der Waals surface area (Å²) in [6.07, 6.45) is 4.87. The van der Waals surface area contributed by atoms with Crippen molar-refractivity contribution in [3.63, 3.8) is 0 Å². The van der Waals surface area contributed by atoms with Crippen molar-refractivity contribution < 1.29 is 4.79 Å². The predicted molar refractivity (Wildman–Crippen MR) is 119 cm³/mol. The summed E-state index contributed by atoms with van der Waals surface area (Å²) in [7, 11) is 0. The molecule has 0 saturated heterocycles. The lowest BCUT2D eigenvalue weighted by Gasteiger charge is -2.26. The van der Waals surface area contributed by atoms with Gasteiger partial charge in [0.2, 0.25) is 0 Å². The van der Waals surface area contributed by atoms with Gasteiger partial charge in [0.1, 0.15) is 5.56 Å². The molecule has 5 heteroatoms. The first-order valence-corrected chi connectivity index (χ1v) is 10.0. The highest BCUT2D eigenvalue weighted by molar-refractivity contribution is 5.96. The summed E-state index contributed by atoms with van der Waals surface area (Å²) in [4.78, 5) is 33.4. The zero-order valence-electron chi connectivity index (χ0n) is 16.4. The molecule has 0 atom stereocenters. The van der Waals surface area contributed by atoms with Gasteiger partial charge in [0.25, 0.3) is 11.5 Å². The normalized spacial score (nSPS) is 14.0. The maximum atomic E-state index is 12.9. The Labute approximate surface area is 173 Å². The van der Waals surface area contributed by atoms with E-state index in [4.69, 9.17) is 0 Å². The summed E-state index contributed by atoms with van der Waals surface area (Å²) in [5.74, 6) is -0.231. The number of carbonyl (C=O) groups excluding carboxylic acids is 1. The van der Waals surface area contributed by atoms with Crippen LogP contribution >= 0.6 is 0 Å². The number of H-pyrrole nitrogens is 2. The minimum absolute atomic E-state index is 0.179. The van der Waals surface area contributed by atoms with Gasteiger partial charge >= 0.3 is 0 Å². The number of amides is 1. The van der Waals surface area contributed by atoms with E-state index in [0.717, 1.165) is 17.5 Å². The molecule has 2 aromatic heterocycles. The maximum Gasteiger partial charge on any atom is 0.261 e. The molecule has 4 aromatic rings. The molecular weight excluding hydrogens is 374 g/mol. The molecule has 30 heavy (non-hydrogen) atoms. The van der Waals surface area contributed by atoms with Gasteiger partial charge in [-0.1, -0.05) is 54.6 Å². The van der Waals surface area contributed by atoms with E-state index in [2.05, 4.69) is 28.2 Å². The van der Waals surface area contributed by atoms with Crippen LogP contribution in [-0.4, -0.2) is 33.9 Å². The first kappa shape index (κ1) is 18.2. The van der Waals surface area contributed by atoms with Crippen molar-refractivity contribution in [3.8, 4) is 11.3 Å². The van der Waals surface area contributed by atoms with Gasteiger partial charge in [-0.3, -0.25) is 9.59 Å². The first-order chi connectivity index (χ1) is 14.7. The lowest BCUT2D eigenvalue weighted by atomic mass is 9.98. The van der Waals surface area contributed by atoms with E-state index in [1.807, 2.05) is 48.7 Å². The average Bonchev–Trinajstić information content (AvgIpc) is 3.23. The number of fused-ring (bicyclic) bond motifs is 1.